The summed E-state index contributed by atoms with van der Waals surface area (Å²) < 4.78 is 5.83. The first-order valence-corrected chi connectivity index (χ1v) is 4.17. The Balaban J connectivity index is 2.47. The van der Waals surface area contributed by atoms with Crippen molar-refractivity contribution in [1.82, 2.24) is 4.57 Å². The van der Waals surface area contributed by atoms with Crippen LogP contribution in [0, 0.1) is 0 Å². The molecule has 1 N–H and O–H groups in total. The van der Waals surface area contributed by atoms with Crippen LogP contribution in [0.15, 0.2) is 36.5 Å². The number of benzene rings is 1. The SMILES string of the molecule is O=C(OCO)n1ccc2ccccc21. The van der Waals surface area contributed by atoms with Crippen LogP contribution in [0.25, 0.3) is 10.9 Å². The van der Waals surface area contributed by atoms with E-state index in [4.69, 9.17) is 5.11 Å². The predicted molar refractivity (Wildman–Crippen MR) is 50.9 cm³/mol. The zero-order valence-corrected chi connectivity index (χ0v) is 7.38. The molecular weight excluding hydrogens is 182 g/mol. The van der Waals surface area contributed by atoms with Gasteiger partial charge in [-0.1, -0.05) is 18.2 Å². The Hall–Kier alpha value is -1.81. The summed E-state index contributed by atoms with van der Waals surface area (Å²) in [5.74, 6) is 0. The molecular formula is C10H9NO3. The molecule has 1 aromatic heterocycles. The van der Waals surface area contributed by atoms with Crippen LogP contribution < -0.4 is 0 Å². The molecule has 4 nitrogen and oxygen atoms in total. The lowest BCUT2D eigenvalue weighted by atomic mass is 10.2. The Morgan fingerprint density at radius 1 is 1.36 bits per heavy atom. The zero-order valence-electron chi connectivity index (χ0n) is 7.38. The number of para-hydroxylation sites is 1. The van der Waals surface area contributed by atoms with Gasteiger partial charge in [-0.05, 0) is 12.1 Å². The summed E-state index contributed by atoms with van der Waals surface area (Å²) in [6, 6.07) is 9.26. The van der Waals surface area contributed by atoms with E-state index in [-0.39, 0.29) is 0 Å². The highest BCUT2D eigenvalue weighted by atomic mass is 16.6. The van der Waals surface area contributed by atoms with Gasteiger partial charge in [-0.15, -0.1) is 0 Å². The highest BCUT2D eigenvalue weighted by molar-refractivity contribution is 5.89. The largest absolute Gasteiger partial charge is 0.422 e. The zero-order chi connectivity index (χ0) is 9.97. The second-order valence-corrected chi connectivity index (χ2v) is 2.78. The van der Waals surface area contributed by atoms with E-state index in [0.29, 0.717) is 0 Å². The molecule has 14 heavy (non-hydrogen) atoms. The van der Waals surface area contributed by atoms with Crippen molar-refractivity contribution in [3.8, 4) is 0 Å². The fourth-order valence-electron chi connectivity index (χ4n) is 1.37. The van der Waals surface area contributed by atoms with Crippen molar-refractivity contribution in [2.75, 3.05) is 6.79 Å². The van der Waals surface area contributed by atoms with Crippen LogP contribution in [0.1, 0.15) is 0 Å². The minimum absolute atomic E-state index is 0.575. The lowest BCUT2D eigenvalue weighted by molar-refractivity contribution is 0.0457. The Bertz CT molecular complexity index is 461. The number of ether oxygens (including phenoxy) is 1. The van der Waals surface area contributed by atoms with Crippen LogP contribution in [-0.2, 0) is 4.74 Å². The molecule has 0 aliphatic heterocycles. The minimum Gasteiger partial charge on any atom is -0.422 e. The standard InChI is InChI=1S/C10H9NO3/c12-7-14-10(13)11-6-5-8-3-1-2-4-9(8)11/h1-6,12H,7H2. The van der Waals surface area contributed by atoms with Gasteiger partial charge < -0.3 is 9.84 Å². The maximum atomic E-state index is 11.3. The second kappa shape index (κ2) is 3.51. The van der Waals surface area contributed by atoms with Gasteiger partial charge in [-0.2, -0.15) is 0 Å². The number of nitrogens with zero attached hydrogens (tertiary/aromatic N) is 1. The summed E-state index contributed by atoms with van der Waals surface area (Å²) in [4.78, 5) is 11.3. The third kappa shape index (κ3) is 1.36. The molecule has 0 unspecified atom stereocenters. The van der Waals surface area contributed by atoms with E-state index in [1.807, 2.05) is 30.3 Å². The minimum atomic E-state index is -0.606. The maximum absolute atomic E-state index is 11.3. The van der Waals surface area contributed by atoms with E-state index in [1.54, 1.807) is 6.20 Å². The molecule has 4 heteroatoms. The highest BCUT2D eigenvalue weighted by Gasteiger charge is 2.08. The molecule has 0 aliphatic carbocycles. The van der Waals surface area contributed by atoms with E-state index in [9.17, 15) is 4.79 Å². The fraction of sp³-hybridized carbons (Fsp3) is 0.100. The number of carbonyl (C=O) groups excluding carboxylic acids is 1. The molecule has 0 spiro atoms. The number of fused-ring (bicyclic) bond motifs is 1. The Labute approximate surface area is 80.3 Å². The van der Waals surface area contributed by atoms with Crippen molar-refractivity contribution in [2.24, 2.45) is 0 Å². The third-order valence-corrected chi connectivity index (χ3v) is 1.98. The van der Waals surface area contributed by atoms with Crippen molar-refractivity contribution in [3.05, 3.63) is 36.5 Å². The molecule has 72 valence electrons. The third-order valence-electron chi connectivity index (χ3n) is 1.98. The molecule has 0 saturated heterocycles. The fourth-order valence-corrected chi connectivity index (χ4v) is 1.37. The van der Waals surface area contributed by atoms with E-state index < -0.39 is 12.9 Å². The van der Waals surface area contributed by atoms with E-state index in [1.165, 1.54) is 4.57 Å². The Morgan fingerprint density at radius 3 is 2.93 bits per heavy atom. The molecule has 0 fully saturated rings. The summed E-state index contributed by atoms with van der Waals surface area (Å²) in [7, 11) is 0. The number of hydrogen-bond acceptors (Lipinski definition) is 3. The van der Waals surface area contributed by atoms with Crippen LogP contribution in [0.4, 0.5) is 4.79 Å². The van der Waals surface area contributed by atoms with Gasteiger partial charge in [-0.25, -0.2) is 4.79 Å². The first-order valence-electron chi connectivity index (χ1n) is 4.17. The first-order chi connectivity index (χ1) is 6.83. The van der Waals surface area contributed by atoms with Gasteiger partial charge in [0.25, 0.3) is 0 Å². The summed E-state index contributed by atoms with van der Waals surface area (Å²) >= 11 is 0. The number of rotatable bonds is 1. The van der Waals surface area contributed by atoms with Crippen molar-refractivity contribution in [2.45, 2.75) is 0 Å². The second-order valence-electron chi connectivity index (χ2n) is 2.78. The highest BCUT2D eigenvalue weighted by Crippen LogP contribution is 2.14. The average Bonchev–Trinajstić information content (AvgIpc) is 2.61. The molecule has 0 amide bonds. The van der Waals surface area contributed by atoms with Gasteiger partial charge in [0, 0.05) is 11.6 Å². The molecule has 0 atom stereocenters. The quantitative estimate of drug-likeness (QED) is 0.696. The molecule has 2 aromatic rings. The van der Waals surface area contributed by atoms with Crippen molar-refractivity contribution in [1.29, 1.82) is 0 Å². The van der Waals surface area contributed by atoms with Gasteiger partial charge in [0.2, 0.25) is 0 Å². The van der Waals surface area contributed by atoms with Gasteiger partial charge in [0.15, 0.2) is 6.79 Å². The van der Waals surface area contributed by atoms with Gasteiger partial charge in [0.05, 0.1) is 5.52 Å². The van der Waals surface area contributed by atoms with E-state index >= 15 is 0 Å². The molecule has 0 bridgehead atoms. The molecule has 0 radical (unpaired) electrons. The molecule has 0 saturated carbocycles. The number of aliphatic hydroxyl groups is 1. The van der Waals surface area contributed by atoms with Gasteiger partial charge in [-0.3, -0.25) is 4.57 Å². The number of aliphatic hydroxyl groups excluding tert-OH is 1. The van der Waals surface area contributed by atoms with Crippen LogP contribution >= 0.6 is 0 Å². The summed E-state index contributed by atoms with van der Waals surface area (Å²) in [5, 5.41) is 9.41. The number of aromatic nitrogens is 1. The molecule has 1 heterocycles. The lowest BCUT2D eigenvalue weighted by Gasteiger charge is -2.02. The monoisotopic (exact) mass is 191 g/mol. The number of hydrogen-bond donors (Lipinski definition) is 1. The van der Waals surface area contributed by atoms with Crippen LogP contribution in [-0.4, -0.2) is 22.6 Å². The average molecular weight is 191 g/mol. The van der Waals surface area contributed by atoms with Crippen LogP contribution in [0.2, 0.25) is 0 Å². The smallest absolute Gasteiger partial charge is 0.420 e. The van der Waals surface area contributed by atoms with Gasteiger partial charge >= 0.3 is 6.09 Å². The lowest BCUT2D eigenvalue weighted by Crippen LogP contribution is -2.12. The van der Waals surface area contributed by atoms with E-state index in [2.05, 4.69) is 4.74 Å². The van der Waals surface area contributed by atoms with Crippen LogP contribution in [0.3, 0.4) is 0 Å². The predicted octanol–water partition coefficient (Wildman–Crippen LogP) is 1.58. The maximum Gasteiger partial charge on any atom is 0.420 e. The molecule has 2 rings (SSSR count). The molecule has 1 aromatic carbocycles. The Morgan fingerprint density at radius 2 is 2.14 bits per heavy atom. The van der Waals surface area contributed by atoms with Gasteiger partial charge in [0.1, 0.15) is 0 Å². The molecule has 0 aliphatic rings. The van der Waals surface area contributed by atoms with Crippen molar-refractivity contribution >= 4 is 17.0 Å². The topological polar surface area (TPSA) is 51.5 Å². The normalized spacial score (nSPS) is 10.4. The summed E-state index contributed by atoms with van der Waals surface area (Å²) in [6.07, 6.45) is 1.04. The van der Waals surface area contributed by atoms with Crippen LogP contribution in [0.5, 0.6) is 0 Å². The summed E-state index contributed by atoms with van der Waals surface area (Å²) in [6.45, 7) is -0.606. The first kappa shape index (κ1) is 8.77. The van der Waals surface area contributed by atoms with Crippen molar-refractivity contribution < 1.29 is 14.6 Å². The summed E-state index contributed by atoms with van der Waals surface area (Å²) in [5.41, 5.74) is 0.769. The number of carbonyl (C=O) groups is 1. The Kier molecular flexibility index (Phi) is 2.20. The van der Waals surface area contributed by atoms with E-state index in [0.717, 1.165) is 10.9 Å². The van der Waals surface area contributed by atoms with Crippen molar-refractivity contribution in [3.63, 3.8) is 0 Å².